The summed E-state index contributed by atoms with van der Waals surface area (Å²) in [6.07, 6.45) is 4.18. The fourth-order valence-corrected chi connectivity index (χ4v) is 1.77. The fourth-order valence-electron chi connectivity index (χ4n) is 1.77. The van der Waals surface area contributed by atoms with Gasteiger partial charge in [-0.2, -0.15) is 0 Å². The van der Waals surface area contributed by atoms with Gasteiger partial charge in [-0.3, -0.25) is 4.79 Å². The number of methoxy groups -OCH3 is 1. The average molecular weight is 232 g/mol. The number of hydrogen-bond acceptors (Lipinski definition) is 2. The Morgan fingerprint density at radius 2 is 2.06 bits per heavy atom. The lowest BCUT2D eigenvalue weighted by atomic mass is 10.0. The van der Waals surface area contributed by atoms with E-state index in [1.54, 1.807) is 14.0 Å². The van der Waals surface area contributed by atoms with E-state index in [0.29, 0.717) is 6.42 Å². The predicted molar refractivity (Wildman–Crippen MR) is 70.9 cm³/mol. The molecule has 0 aliphatic heterocycles. The van der Waals surface area contributed by atoms with Crippen molar-refractivity contribution in [2.24, 2.45) is 0 Å². The summed E-state index contributed by atoms with van der Waals surface area (Å²) in [6, 6.07) is 8.29. The van der Waals surface area contributed by atoms with Crippen molar-refractivity contribution in [1.82, 2.24) is 0 Å². The first-order chi connectivity index (χ1) is 8.15. The van der Waals surface area contributed by atoms with Crippen LogP contribution in [0.15, 0.2) is 30.8 Å². The van der Waals surface area contributed by atoms with Crippen LogP contribution in [-0.2, 0) is 16.0 Å². The van der Waals surface area contributed by atoms with Gasteiger partial charge in [-0.05, 0) is 30.9 Å². The van der Waals surface area contributed by atoms with Crippen molar-refractivity contribution in [3.05, 3.63) is 42.0 Å². The maximum Gasteiger partial charge on any atom is 0.132 e. The highest BCUT2D eigenvalue weighted by molar-refractivity contribution is 5.75. The minimum atomic E-state index is 0.0339. The van der Waals surface area contributed by atoms with Gasteiger partial charge in [0.15, 0.2) is 0 Å². The number of carbonyl (C=O) groups is 1. The molecule has 1 rings (SSSR count). The lowest BCUT2D eigenvalue weighted by Crippen LogP contribution is -2.15. The fraction of sp³-hybridized carbons (Fsp3) is 0.400. The maximum atomic E-state index is 11.0. The first-order valence-electron chi connectivity index (χ1n) is 5.89. The van der Waals surface area contributed by atoms with E-state index >= 15 is 0 Å². The molecule has 0 saturated carbocycles. The van der Waals surface area contributed by atoms with Crippen LogP contribution in [0.25, 0.3) is 6.08 Å². The van der Waals surface area contributed by atoms with E-state index < -0.39 is 0 Å². The van der Waals surface area contributed by atoms with E-state index in [2.05, 4.69) is 30.8 Å². The van der Waals surface area contributed by atoms with E-state index in [4.69, 9.17) is 4.74 Å². The molecule has 1 unspecified atom stereocenters. The number of aryl methyl sites for hydroxylation is 1. The number of ketones is 1. The van der Waals surface area contributed by atoms with Crippen molar-refractivity contribution in [1.29, 1.82) is 0 Å². The van der Waals surface area contributed by atoms with E-state index in [0.717, 1.165) is 18.4 Å². The SMILES string of the molecule is C=Cc1ccc(CCC(CC(C)=O)OC)cc1. The van der Waals surface area contributed by atoms with Crippen LogP contribution in [0.5, 0.6) is 0 Å². The molecule has 2 heteroatoms. The molecule has 0 N–H and O–H groups in total. The molecule has 2 nitrogen and oxygen atoms in total. The van der Waals surface area contributed by atoms with Crippen molar-refractivity contribution in [2.75, 3.05) is 7.11 Å². The molecule has 17 heavy (non-hydrogen) atoms. The predicted octanol–water partition coefficient (Wildman–Crippen LogP) is 3.26. The number of ether oxygens (including phenoxy) is 1. The highest BCUT2D eigenvalue weighted by Crippen LogP contribution is 2.12. The van der Waals surface area contributed by atoms with Gasteiger partial charge in [-0.15, -0.1) is 0 Å². The van der Waals surface area contributed by atoms with Gasteiger partial charge in [0.05, 0.1) is 6.10 Å². The van der Waals surface area contributed by atoms with Gasteiger partial charge in [0.1, 0.15) is 5.78 Å². The monoisotopic (exact) mass is 232 g/mol. The normalized spacial score (nSPS) is 12.1. The van der Waals surface area contributed by atoms with Crippen molar-refractivity contribution in [3.63, 3.8) is 0 Å². The molecule has 0 saturated heterocycles. The van der Waals surface area contributed by atoms with Gasteiger partial charge in [0.25, 0.3) is 0 Å². The summed E-state index contributed by atoms with van der Waals surface area (Å²) in [7, 11) is 1.66. The summed E-state index contributed by atoms with van der Waals surface area (Å²) >= 11 is 0. The Labute approximate surface area is 103 Å². The first kappa shape index (κ1) is 13.7. The van der Waals surface area contributed by atoms with Crippen LogP contribution in [0, 0.1) is 0 Å². The molecule has 1 atom stereocenters. The summed E-state index contributed by atoms with van der Waals surface area (Å²) in [5.74, 6) is 0.179. The molecule has 1 aromatic rings. The molecule has 0 heterocycles. The zero-order valence-corrected chi connectivity index (χ0v) is 10.6. The van der Waals surface area contributed by atoms with E-state index in [-0.39, 0.29) is 11.9 Å². The number of benzene rings is 1. The molecule has 0 spiro atoms. The Kier molecular flexibility index (Phi) is 5.64. The average Bonchev–Trinajstić information content (AvgIpc) is 2.34. The summed E-state index contributed by atoms with van der Waals surface area (Å²) in [4.78, 5) is 11.0. The summed E-state index contributed by atoms with van der Waals surface area (Å²) in [5.41, 5.74) is 2.39. The maximum absolute atomic E-state index is 11.0. The second-order valence-electron chi connectivity index (χ2n) is 4.25. The molecular formula is C15H20O2. The smallest absolute Gasteiger partial charge is 0.132 e. The third-order valence-electron chi connectivity index (χ3n) is 2.82. The van der Waals surface area contributed by atoms with Gasteiger partial charge >= 0.3 is 0 Å². The minimum absolute atomic E-state index is 0.0339. The van der Waals surface area contributed by atoms with Crippen molar-refractivity contribution >= 4 is 11.9 Å². The topological polar surface area (TPSA) is 26.3 Å². The van der Waals surface area contributed by atoms with E-state index in [1.807, 2.05) is 6.08 Å². The lowest BCUT2D eigenvalue weighted by molar-refractivity contribution is -0.119. The Bertz CT molecular complexity index is 365. The van der Waals surface area contributed by atoms with Crippen LogP contribution >= 0.6 is 0 Å². The van der Waals surface area contributed by atoms with E-state index in [9.17, 15) is 4.79 Å². The quantitative estimate of drug-likeness (QED) is 0.721. The van der Waals surface area contributed by atoms with Crippen LogP contribution in [0.2, 0.25) is 0 Å². The van der Waals surface area contributed by atoms with Crippen LogP contribution in [0.1, 0.15) is 30.9 Å². The molecule has 0 amide bonds. The van der Waals surface area contributed by atoms with E-state index in [1.165, 1.54) is 5.56 Å². The number of rotatable bonds is 7. The highest BCUT2D eigenvalue weighted by atomic mass is 16.5. The number of Topliss-reactive ketones (excluding diaryl/α,β-unsaturated/α-hetero) is 1. The Morgan fingerprint density at radius 1 is 1.41 bits per heavy atom. The summed E-state index contributed by atoms with van der Waals surface area (Å²) in [5, 5.41) is 0. The molecule has 1 aromatic carbocycles. The van der Waals surface area contributed by atoms with Crippen LogP contribution in [-0.4, -0.2) is 19.0 Å². The molecule has 0 aliphatic rings. The molecule has 0 aromatic heterocycles. The first-order valence-corrected chi connectivity index (χ1v) is 5.89. The number of carbonyl (C=O) groups excluding carboxylic acids is 1. The van der Waals surface area contributed by atoms with Crippen molar-refractivity contribution in [2.45, 2.75) is 32.3 Å². The van der Waals surface area contributed by atoms with Crippen LogP contribution in [0.3, 0.4) is 0 Å². The van der Waals surface area contributed by atoms with Gasteiger partial charge in [0.2, 0.25) is 0 Å². The molecular weight excluding hydrogens is 212 g/mol. The highest BCUT2D eigenvalue weighted by Gasteiger charge is 2.10. The van der Waals surface area contributed by atoms with Gasteiger partial charge in [-0.25, -0.2) is 0 Å². The Morgan fingerprint density at radius 3 is 2.53 bits per heavy atom. The van der Waals surface area contributed by atoms with Crippen molar-refractivity contribution < 1.29 is 9.53 Å². The third-order valence-corrected chi connectivity index (χ3v) is 2.82. The molecule has 0 fully saturated rings. The second kappa shape index (κ2) is 7.02. The third kappa shape index (κ3) is 4.96. The Balaban J connectivity index is 2.47. The molecule has 0 bridgehead atoms. The van der Waals surface area contributed by atoms with Gasteiger partial charge in [0, 0.05) is 13.5 Å². The number of hydrogen-bond donors (Lipinski definition) is 0. The molecule has 0 aliphatic carbocycles. The molecule has 92 valence electrons. The minimum Gasteiger partial charge on any atom is -0.381 e. The van der Waals surface area contributed by atoms with Crippen LogP contribution < -0.4 is 0 Å². The van der Waals surface area contributed by atoms with Gasteiger partial charge in [-0.1, -0.05) is 36.9 Å². The largest absolute Gasteiger partial charge is 0.381 e. The molecule has 0 radical (unpaired) electrons. The standard InChI is InChI=1S/C15H20O2/c1-4-13-5-7-14(8-6-13)9-10-15(17-3)11-12(2)16/h4-8,15H,1,9-11H2,2-3H3. The van der Waals surface area contributed by atoms with Crippen LogP contribution in [0.4, 0.5) is 0 Å². The summed E-state index contributed by atoms with van der Waals surface area (Å²) < 4.78 is 5.29. The lowest BCUT2D eigenvalue weighted by Gasteiger charge is -2.13. The zero-order chi connectivity index (χ0) is 12.7. The van der Waals surface area contributed by atoms with Crippen molar-refractivity contribution in [3.8, 4) is 0 Å². The summed E-state index contributed by atoms with van der Waals surface area (Å²) in [6.45, 7) is 5.33. The Hall–Kier alpha value is -1.41. The zero-order valence-electron chi connectivity index (χ0n) is 10.6. The second-order valence-corrected chi connectivity index (χ2v) is 4.25. The van der Waals surface area contributed by atoms with Gasteiger partial charge < -0.3 is 4.74 Å².